The first-order chi connectivity index (χ1) is 15.7. The lowest BCUT2D eigenvalue weighted by atomic mass is 9.98. The Hall–Kier alpha value is -2.67. The van der Waals surface area contributed by atoms with E-state index in [0.29, 0.717) is 36.6 Å². The number of fused-ring (bicyclic) bond motifs is 1. The number of hydrogen-bond acceptors (Lipinski definition) is 6. The van der Waals surface area contributed by atoms with Gasteiger partial charge in [0.15, 0.2) is 5.78 Å². The maximum absolute atomic E-state index is 13.3. The normalized spacial score (nSPS) is 15.7. The van der Waals surface area contributed by atoms with Gasteiger partial charge in [0.2, 0.25) is 0 Å². The van der Waals surface area contributed by atoms with Gasteiger partial charge in [-0.25, -0.2) is 0 Å². The quantitative estimate of drug-likeness (QED) is 0.482. The molecule has 0 aliphatic carbocycles. The van der Waals surface area contributed by atoms with Gasteiger partial charge in [-0.1, -0.05) is 31.5 Å². The number of furan rings is 1. The van der Waals surface area contributed by atoms with Crippen LogP contribution < -0.4 is 4.74 Å². The largest absolute Gasteiger partial charge is 0.491 e. The molecule has 6 heteroatoms. The van der Waals surface area contributed by atoms with Crippen LogP contribution in [-0.2, 0) is 11.2 Å². The summed E-state index contributed by atoms with van der Waals surface area (Å²) in [5.74, 6) is 1.34. The van der Waals surface area contributed by atoms with E-state index in [1.165, 1.54) is 0 Å². The number of para-hydroxylation sites is 1. The molecule has 0 radical (unpaired) electrons. The molecule has 0 bridgehead atoms. The van der Waals surface area contributed by atoms with Gasteiger partial charge < -0.3 is 19.0 Å². The van der Waals surface area contributed by atoms with Crippen molar-refractivity contribution in [1.29, 1.82) is 0 Å². The van der Waals surface area contributed by atoms with Crippen LogP contribution in [0.2, 0.25) is 0 Å². The highest BCUT2D eigenvalue weighted by atomic mass is 16.5. The summed E-state index contributed by atoms with van der Waals surface area (Å²) in [5, 5.41) is 11.1. The lowest BCUT2D eigenvalue weighted by molar-refractivity contribution is 0.00465. The van der Waals surface area contributed by atoms with Crippen molar-refractivity contribution in [2.75, 3.05) is 39.5 Å². The van der Waals surface area contributed by atoms with Crippen molar-refractivity contribution >= 4 is 16.8 Å². The van der Waals surface area contributed by atoms with Crippen LogP contribution in [0, 0.1) is 0 Å². The van der Waals surface area contributed by atoms with Crippen molar-refractivity contribution < 1.29 is 23.8 Å². The highest BCUT2D eigenvalue weighted by molar-refractivity contribution is 6.16. The number of aliphatic hydroxyl groups excluding tert-OH is 1. The topological polar surface area (TPSA) is 72.1 Å². The molecule has 6 nitrogen and oxygen atoms in total. The van der Waals surface area contributed by atoms with Crippen molar-refractivity contribution in [2.45, 2.75) is 32.3 Å². The average Bonchev–Trinajstić information content (AvgIpc) is 3.20. The molecular formula is C26H31NO5. The van der Waals surface area contributed by atoms with E-state index in [-0.39, 0.29) is 12.4 Å². The molecule has 1 atom stereocenters. The lowest BCUT2D eigenvalue weighted by Gasteiger charge is -2.28. The summed E-state index contributed by atoms with van der Waals surface area (Å²) in [6, 6.07) is 14.8. The lowest BCUT2D eigenvalue weighted by Crippen LogP contribution is -2.42. The number of carbonyl (C=O) groups excluding carboxylic acids is 1. The zero-order chi connectivity index (χ0) is 22.3. The van der Waals surface area contributed by atoms with Gasteiger partial charge in [0, 0.05) is 37.0 Å². The van der Waals surface area contributed by atoms with E-state index in [1.807, 2.05) is 24.3 Å². The maximum Gasteiger partial charge on any atom is 0.197 e. The van der Waals surface area contributed by atoms with Crippen LogP contribution in [0.25, 0.3) is 11.0 Å². The molecule has 0 spiro atoms. The van der Waals surface area contributed by atoms with Gasteiger partial charge in [0.25, 0.3) is 0 Å². The second kappa shape index (κ2) is 10.8. The molecule has 1 unspecified atom stereocenters. The van der Waals surface area contributed by atoms with Crippen molar-refractivity contribution in [1.82, 2.24) is 4.90 Å². The van der Waals surface area contributed by atoms with Crippen LogP contribution in [0.3, 0.4) is 0 Å². The minimum atomic E-state index is -0.576. The number of aliphatic hydroxyl groups is 1. The second-order valence-electron chi connectivity index (χ2n) is 8.23. The molecule has 2 heterocycles. The highest BCUT2D eigenvalue weighted by Crippen LogP contribution is 2.29. The summed E-state index contributed by atoms with van der Waals surface area (Å²) in [5.41, 5.74) is 2.00. The molecule has 1 N–H and O–H groups in total. The van der Waals surface area contributed by atoms with Crippen molar-refractivity contribution in [3.05, 3.63) is 65.4 Å². The number of ether oxygens (including phenoxy) is 2. The number of hydrogen-bond donors (Lipinski definition) is 1. The third-order valence-corrected chi connectivity index (χ3v) is 5.78. The smallest absolute Gasteiger partial charge is 0.197 e. The fourth-order valence-electron chi connectivity index (χ4n) is 4.03. The predicted molar refractivity (Wildman–Crippen MR) is 123 cm³/mol. The molecule has 4 rings (SSSR count). The molecule has 1 aliphatic rings. The van der Waals surface area contributed by atoms with Crippen molar-refractivity contribution in [2.24, 2.45) is 0 Å². The number of unbranched alkanes of at least 4 members (excludes halogenated alkanes) is 1. The van der Waals surface area contributed by atoms with E-state index in [2.05, 4.69) is 11.8 Å². The van der Waals surface area contributed by atoms with Gasteiger partial charge >= 0.3 is 0 Å². The van der Waals surface area contributed by atoms with Gasteiger partial charge in [0.05, 0.1) is 18.8 Å². The number of aryl methyl sites for hydroxylation is 1. The Labute approximate surface area is 188 Å². The Morgan fingerprint density at radius 1 is 1.12 bits per heavy atom. The number of β-amino-alcohol motifs (C(OH)–C–C–N with tert-alkyl or cyclic N) is 1. The van der Waals surface area contributed by atoms with E-state index >= 15 is 0 Å². The van der Waals surface area contributed by atoms with E-state index in [4.69, 9.17) is 13.9 Å². The van der Waals surface area contributed by atoms with Crippen molar-refractivity contribution in [3.63, 3.8) is 0 Å². The third-order valence-electron chi connectivity index (χ3n) is 5.78. The van der Waals surface area contributed by atoms with E-state index in [1.54, 1.807) is 24.3 Å². The first-order valence-electron chi connectivity index (χ1n) is 11.4. The Balaban J connectivity index is 1.42. The van der Waals surface area contributed by atoms with Crippen molar-refractivity contribution in [3.8, 4) is 5.75 Å². The Morgan fingerprint density at radius 3 is 2.62 bits per heavy atom. The van der Waals surface area contributed by atoms with Gasteiger partial charge in [-0.15, -0.1) is 0 Å². The molecule has 3 aromatic rings. The van der Waals surface area contributed by atoms with Gasteiger partial charge in [0.1, 0.15) is 29.8 Å². The van der Waals surface area contributed by atoms with Crippen LogP contribution in [0.1, 0.15) is 41.4 Å². The zero-order valence-corrected chi connectivity index (χ0v) is 18.6. The first kappa shape index (κ1) is 22.5. The highest BCUT2D eigenvalue weighted by Gasteiger charge is 2.22. The van der Waals surface area contributed by atoms with Crippen LogP contribution in [0.4, 0.5) is 0 Å². The second-order valence-corrected chi connectivity index (χ2v) is 8.23. The van der Waals surface area contributed by atoms with E-state index in [9.17, 15) is 9.90 Å². The molecule has 2 aromatic carbocycles. The summed E-state index contributed by atoms with van der Waals surface area (Å²) < 4.78 is 17.1. The number of rotatable bonds is 10. The van der Waals surface area contributed by atoms with Gasteiger partial charge in [-0.3, -0.25) is 9.69 Å². The summed E-state index contributed by atoms with van der Waals surface area (Å²) in [6.45, 7) is 5.96. The number of carbonyl (C=O) groups is 1. The Bertz CT molecular complexity index is 1020. The minimum Gasteiger partial charge on any atom is -0.491 e. The summed E-state index contributed by atoms with van der Waals surface area (Å²) in [4.78, 5) is 15.5. The van der Waals surface area contributed by atoms with Gasteiger partial charge in [-0.05, 0) is 36.8 Å². The summed E-state index contributed by atoms with van der Waals surface area (Å²) >= 11 is 0. The van der Waals surface area contributed by atoms with E-state index in [0.717, 1.165) is 49.1 Å². The minimum absolute atomic E-state index is 0.0417. The fraction of sp³-hybridized carbons (Fsp3) is 0.423. The molecule has 1 aromatic heterocycles. The SMILES string of the molecule is CCCCc1oc2ccccc2c1C(=O)c1ccc(OCC(O)CN2CCOCC2)cc1. The van der Waals surface area contributed by atoms with Crippen LogP contribution >= 0.6 is 0 Å². The number of benzene rings is 2. The molecular weight excluding hydrogens is 406 g/mol. The third kappa shape index (κ3) is 5.38. The molecule has 1 aliphatic heterocycles. The van der Waals surface area contributed by atoms with Crippen LogP contribution in [0.5, 0.6) is 5.75 Å². The monoisotopic (exact) mass is 437 g/mol. The Morgan fingerprint density at radius 2 is 1.88 bits per heavy atom. The summed E-state index contributed by atoms with van der Waals surface area (Å²) in [6.07, 6.45) is 2.18. The Kier molecular flexibility index (Phi) is 7.58. The molecule has 0 amide bonds. The van der Waals surface area contributed by atoms with Crippen LogP contribution in [0.15, 0.2) is 52.9 Å². The number of nitrogens with zero attached hydrogens (tertiary/aromatic N) is 1. The number of ketones is 1. The summed E-state index contributed by atoms with van der Waals surface area (Å²) in [7, 11) is 0. The zero-order valence-electron chi connectivity index (χ0n) is 18.6. The molecule has 0 saturated carbocycles. The molecule has 170 valence electrons. The maximum atomic E-state index is 13.3. The standard InChI is InChI=1S/C26H31NO5/c1-2-3-7-24-25(22-6-4-5-8-23(22)32-24)26(29)19-9-11-21(12-10-19)31-18-20(28)17-27-13-15-30-16-14-27/h4-6,8-12,20,28H,2-3,7,13-18H2,1H3. The van der Waals surface area contributed by atoms with Gasteiger partial charge in [-0.2, -0.15) is 0 Å². The van der Waals surface area contributed by atoms with Crippen LogP contribution in [-0.4, -0.2) is 61.3 Å². The number of morpholine rings is 1. The first-order valence-corrected chi connectivity index (χ1v) is 11.4. The molecule has 32 heavy (non-hydrogen) atoms. The molecule has 1 saturated heterocycles. The fourth-order valence-corrected chi connectivity index (χ4v) is 4.03. The molecule has 1 fully saturated rings. The average molecular weight is 438 g/mol. The predicted octanol–water partition coefficient (Wildman–Crippen LogP) is 4.08. The van der Waals surface area contributed by atoms with E-state index < -0.39 is 6.10 Å².